The lowest BCUT2D eigenvalue weighted by atomic mass is 10.3. The number of rotatable bonds is 7. The Labute approximate surface area is 86.7 Å². The van der Waals surface area contributed by atoms with Gasteiger partial charge in [0.15, 0.2) is 0 Å². The molecule has 1 saturated heterocycles. The third-order valence-electron chi connectivity index (χ3n) is 2.55. The van der Waals surface area contributed by atoms with E-state index in [9.17, 15) is 0 Å². The summed E-state index contributed by atoms with van der Waals surface area (Å²) in [7, 11) is 0. The Morgan fingerprint density at radius 2 is 1.86 bits per heavy atom. The lowest BCUT2D eigenvalue weighted by Gasteiger charge is -2.27. The second kappa shape index (κ2) is 8.17. The molecule has 1 fully saturated rings. The quantitative estimate of drug-likeness (QED) is 0.475. The summed E-state index contributed by atoms with van der Waals surface area (Å²) in [6.45, 7) is 8.17. The summed E-state index contributed by atoms with van der Waals surface area (Å²) in [4.78, 5) is 2.50. The van der Waals surface area contributed by atoms with Crippen LogP contribution in [0.2, 0.25) is 0 Å². The summed E-state index contributed by atoms with van der Waals surface area (Å²) in [5.74, 6) is 0. The monoisotopic (exact) mass is 201 g/mol. The van der Waals surface area contributed by atoms with Crippen molar-refractivity contribution in [3.05, 3.63) is 0 Å². The molecule has 0 aliphatic carbocycles. The van der Waals surface area contributed by atoms with E-state index in [0.29, 0.717) is 6.61 Å². The van der Waals surface area contributed by atoms with E-state index in [0.717, 1.165) is 32.6 Å². The highest BCUT2D eigenvalue weighted by Crippen LogP contribution is 1.93. The van der Waals surface area contributed by atoms with Gasteiger partial charge in [0.25, 0.3) is 0 Å². The third kappa shape index (κ3) is 5.54. The molecule has 0 aromatic heterocycles. The molecule has 3 N–H and O–H groups in total. The van der Waals surface area contributed by atoms with Crippen molar-refractivity contribution in [1.29, 1.82) is 0 Å². The van der Waals surface area contributed by atoms with Crippen molar-refractivity contribution in [2.75, 3.05) is 52.4 Å². The number of hydrogen-bond donors (Lipinski definition) is 3. The van der Waals surface area contributed by atoms with Gasteiger partial charge in [-0.3, -0.25) is 0 Å². The minimum Gasteiger partial charge on any atom is -0.396 e. The molecule has 0 bridgehead atoms. The van der Waals surface area contributed by atoms with Gasteiger partial charge in [-0.25, -0.2) is 0 Å². The van der Waals surface area contributed by atoms with Crippen molar-refractivity contribution in [2.24, 2.45) is 0 Å². The molecule has 14 heavy (non-hydrogen) atoms. The van der Waals surface area contributed by atoms with Gasteiger partial charge >= 0.3 is 0 Å². The maximum Gasteiger partial charge on any atom is 0.0443 e. The van der Waals surface area contributed by atoms with E-state index in [1.807, 2.05) is 0 Å². The van der Waals surface area contributed by atoms with Crippen LogP contribution in [-0.2, 0) is 0 Å². The first-order valence-corrected chi connectivity index (χ1v) is 5.68. The zero-order valence-corrected chi connectivity index (χ0v) is 8.97. The number of hydrogen-bond acceptors (Lipinski definition) is 4. The SMILES string of the molecule is OCCCNCCCN1CCNCC1. The van der Waals surface area contributed by atoms with Gasteiger partial charge in [-0.15, -0.1) is 0 Å². The lowest BCUT2D eigenvalue weighted by molar-refractivity contribution is 0.237. The molecule has 4 heteroatoms. The zero-order valence-electron chi connectivity index (χ0n) is 8.97. The van der Waals surface area contributed by atoms with E-state index < -0.39 is 0 Å². The molecule has 1 aliphatic rings. The number of aliphatic hydroxyl groups is 1. The van der Waals surface area contributed by atoms with E-state index in [4.69, 9.17) is 5.11 Å². The molecule has 0 aromatic rings. The maximum absolute atomic E-state index is 8.57. The molecule has 4 nitrogen and oxygen atoms in total. The molecular formula is C10H23N3O. The zero-order chi connectivity index (χ0) is 10.1. The van der Waals surface area contributed by atoms with E-state index in [1.54, 1.807) is 0 Å². The Morgan fingerprint density at radius 1 is 1.14 bits per heavy atom. The van der Waals surface area contributed by atoms with E-state index in [2.05, 4.69) is 15.5 Å². The minimum atomic E-state index is 0.296. The minimum absolute atomic E-state index is 0.296. The Hall–Kier alpha value is -0.160. The first kappa shape index (κ1) is 11.9. The van der Waals surface area contributed by atoms with Crippen LogP contribution in [0.1, 0.15) is 12.8 Å². The average molecular weight is 201 g/mol. The molecule has 0 spiro atoms. The van der Waals surface area contributed by atoms with Crippen molar-refractivity contribution in [2.45, 2.75) is 12.8 Å². The first-order valence-electron chi connectivity index (χ1n) is 5.68. The predicted octanol–water partition coefficient (Wildman–Crippen LogP) is -0.746. The standard InChI is InChI=1S/C10H23N3O/c14-10-2-4-11-3-1-7-13-8-5-12-6-9-13/h11-12,14H,1-10H2. The van der Waals surface area contributed by atoms with Crippen LogP contribution in [-0.4, -0.2) is 62.4 Å². The van der Waals surface area contributed by atoms with Crippen LogP contribution in [0.15, 0.2) is 0 Å². The van der Waals surface area contributed by atoms with Crippen molar-refractivity contribution in [1.82, 2.24) is 15.5 Å². The van der Waals surface area contributed by atoms with Crippen LogP contribution in [0.25, 0.3) is 0 Å². The number of nitrogens with zero attached hydrogens (tertiary/aromatic N) is 1. The summed E-state index contributed by atoms with van der Waals surface area (Å²) in [6.07, 6.45) is 2.08. The highest BCUT2D eigenvalue weighted by molar-refractivity contribution is 4.67. The van der Waals surface area contributed by atoms with Crippen LogP contribution in [0.3, 0.4) is 0 Å². The first-order chi connectivity index (χ1) is 6.93. The van der Waals surface area contributed by atoms with Crippen LogP contribution in [0.5, 0.6) is 0 Å². The van der Waals surface area contributed by atoms with Crippen molar-refractivity contribution in [3.63, 3.8) is 0 Å². The topological polar surface area (TPSA) is 47.5 Å². The molecule has 0 saturated carbocycles. The van der Waals surface area contributed by atoms with Gasteiger partial charge in [-0.05, 0) is 32.5 Å². The largest absolute Gasteiger partial charge is 0.396 e. The highest BCUT2D eigenvalue weighted by atomic mass is 16.3. The smallest absolute Gasteiger partial charge is 0.0443 e. The summed E-state index contributed by atoms with van der Waals surface area (Å²) in [5, 5.41) is 15.2. The van der Waals surface area contributed by atoms with Crippen molar-refractivity contribution in [3.8, 4) is 0 Å². The van der Waals surface area contributed by atoms with Gasteiger partial charge in [0, 0.05) is 32.8 Å². The normalized spacial score (nSPS) is 18.6. The van der Waals surface area contributed by atoms with Gasteiger partial charge in [0.2, 0.25) is 0 Å². The fourth-order valence-electron chi connectivity index (χ4n) is 1.69. The molecule has 0 radical (unpaired) electrons. The average Bonchev–Trinajstić information content (AvgIpc) is 2.25. The molecule has 0 aromatic carbocycles. The molecule has 1 aliphatic heterocycles. The molecule has 1 rings (SSSR count). The van der Waals surface area contributed by atoms with Gasteiger partial charge in [-0.2, -0.15) is 0 Å². The Bertz CT molecular complexity index is 127. The fourth-order valence-corrected chi connectivity index (χ4v) is 1.69. The third-order valence-corrected chi connectivity index (χ3v) is 2.55. The summed E-state index contributed by atoms with van der Waals surface area (Å²) in [5.41, 5.74) is 0. The molecule has 84 valence electrons. The lowest BCUT2D eigenvalue weighted by Crippen LogP contribution is -2.44. The molecule has 0 unspecified atom stereocenters. The summed E-state index contributed by atoms with van der Waals surface area (Å²) < 4.78 is 0. The van der Waals surface area contributed by atoms with Gasteiger partial charge in [-0.1, -0.05) is 0 Å². The van der Waals surface area contributed by atoms with E-state index in [1.165, 1.54) is 26.1 Å². The maximum atomic E-state index is 8.57. The van der Waals surface area contributed by atoms with Gasteiger partial charge in [0.05, 0.1) is 0 Å². The summed E-state index contributed by atoms with van der Waals surface area (Å²) >= 11 is 0. The Kier molecular flexibility index (Phi) is 6.95. The number of piperazine rings is 1. The second-order valence-corrected chi connectivity index (χ2v) is 3.77. The van der Waals surface area contributed by atoms with Crippen molar-refractivity contribution < 1.29 is 5.11 Å². The number of nitrogens with one attached hydrogen (secondary N) is 2. The molecular weight excluding hydrogens is 178 g/mol. The predicted molar refractivity (Wildman–Crippen MR) is 58.5 cm³/mol. The second-order valence-electron chi connectivity index (χ2n) is 3.77. The highest BCUT2D eigenvalue weighted by Gasteiger charge is 2.07. The molecule has 0 amide bonds. The molecule has 1 heterocycles. The van der Waals surface area contributed by atoms with Crippen LogP contribution < -0.4 is 10.6 Å². The Morgan fingerprint density at radius 3 is 2.57 bits per heavy atom. The fraction of sp³-hybridized carbons (Fsp3) is 1.00. The van der Waals surface area contributed by atoms with Gasteiger partial charge in [0.1, 0.15) is 0 Å². The number of aliphatic hydroxyl groups excluding tert-OH is 1. The van der Waals surface area contributed by atoms with Gasteiger partial charge < -0.3 is 20.6 Å². The van der Waals surface area contributed by atoms with E-state index in [-0.39, 0.29) is 0 Å². The van der Waals surface area contributed by atoms with Crippen LogP contribution in [0.4, 0.5) is 0 Å². The van der Waals surface area contributed by atoms with Crippen LogP contribution in [0, 0.1) is 0 Å². The van der Waals surface area contributed by atoms with Crippen LogP contribution >= 0.6 is 0 Å². The van der Waals surface area contributed by atoms with E-state index >= 15 is 0 Å². The Balaban J connectivity index is 1.82. The van der Waals surface area contributed by atoms with Crippen molar-refractivity contribution >= 4 is 0 Å². The summed E-state index contributed by atoms with van der Waals surface area (Å²) in [6, 6.07) is 0. The molecule has 0 atom stereocenters.